The van der Waals surface area contributed by atoms with Crippen molar-refractivity contribution in [2.24, 2.45) is 0 Å². The molecule has 0 aromatic heterocycles. The summed E-state index contributed by atoms with van der Waals surface area (Å²) in [6.45, 7) is 5.62. The van der Waals surface area contributed by atoms with Gasteiger partial charge in [0.2, 0.25) is 0 Å². The molecule has 0 unspecified atom stereocenters. The lowest BCUT2D eigenvalue weighted by molar-refractivity contribution is -0.146. The average Bonchev–Trinajstić information content (AvgIpc) is 2.56. The number of carbonyl (C=O) groups is 2. The third kappa shape index (κ3) is 7.82. The van der Waals surface area contributed by atoms with Crippen molar-refractivity contribution >= 4 is 22.8 Å². The van der Waals surface area contributed by atoms with Gasteiger partial charge in [-0.1, -0.05) is 80.4 Å². The number of thioether (sulfide) groups is 1. The van der Waals surface area contributed by atoms with Gasteiger partial charge in [-0.25, -0.2) is 0 Å². The summed E-state index contributed by atoms with van der Waals surface area (Å²) in [5, 5.41) is -0.0928. The fraction of sp³-hybridized carbons (Fsp3) is 0.500. The van der Waals surface area contributed by atoms with Gasteiger partial charge < -0.3 is 4.74 Å². The summed E-state index contributed by atoms with van der Waals surface area (Å²) >= 11 is 1.01. The highest BCUT2D eigenvalue weighted by Crippen LogP contribution is 2.29. The Morgan fingerprint density at radius 1 is 1.17 bits per heavy atom. The molecule has 1 rings (SSSR count). The molecule has 3 nitrogen and oxygen atoms in total. The highest BCUT2D eigenvalue weighted by Gasteiger charge is 2.34. The Labute approximate surface area is 149 Å². The lowest BCUT2D eigenvalue weighted by Crippen LogP contribution is -2.32. The summed E-state index contributed by atoms with van der Waals surface area (Å²) < 4.78 is 4.46. The summed E-state index contributed by atoms with van der Waals surface area (Å²) in [5.41, 5.74) is 0.935. The van der Waals surface area contributed by atoms with Crippen LogP contribution in [0.3, 0.4) is 0 Å². The van der Waals surface area contributed by atoms with E-state index in [0.29, 0.717) is 0 Å². The number of rotatable bonds is 10. The molecular formula is C20H28O3S. The topological polar surface area (TPSA) is 43.4 Å². The zero-order valence-corrected chi connectivity index (χ0v) is 15.7. The van der Waals surface area contributed by atoms with Gasteiger partial charge in [0.1, 0.15) is 11.4 Å². The Hall–Kier alpha value is -1.55. The minimum absolute atomic E-state index is 0.0928. The van der Waals surface area contributed by atoms with Gasteiger partial charge >= 0.3 is 5.97 Å². The number of unbranched alkanes of at least 4 members (excludes halogenated alkanes) is 4. The molecule has 1 atom stereocenters. The van der Waals surface area contributed by atoms with Crippen LogP contribution in [0.2, 0.25) is 0 Å². The number of allylic oxidation sites excluding steroid dienone is 1. The van der Waals surface area contributed by atoms with Crippen LogP contribution in [-0.4, -0.2) is 15.8 Å². The number of esters is 1. The molecule has 0 aliphatic heterocycles. The highest BCUT2D eigenvalue weighted by molar-refractivity contribution is 8.15. The molecular weight excluding hydrogens is 320 g/mol. The first-order chi connectivity index (χ1) is 11.5. The van der Waals surface area contributed by atoms with Crippen molar-refractivity contribution in [3.63, 3.8) is 0 Å². The summed E-state index contributed by atoms with van der Waals surface area (Å²) in [6.07, 6.45) is 9.45. The maximum atomic E-state index is 12.5. The minimum atomic E-state index is -0.967. The molecule has 4 heteroatoms. The Bertz CT molecular complexity index is 539. The number of ether oxygens (including phenoxy) is 1. The summed E-state index contributed by atoms with van der Waals surface area (Å²) in [4.78, 5) is 24.0. The van der Waals surface area contributed by atoms with Crippen molar-refractivity contribution in [1.29, 1.82) is 0 Å². The third-order valence-electron chi connectivity index (χ3n) is 3.63. The fourth-order valence-electron chi connectivity index (χ4n) is 2.31. The minimum Gasteiger partial charge on any atom is -0.460 e. The predicted octanol–water partition coefficient (Wildman–Crippen LogP) is 5.29. The van der Waals surface area contributed by atoms with Gasteiger partial charge in [0.05, 0.1) is 0 Å². The SMILES string of the molecule is CCCCCCC=C[C@@](C)(SC(C)=O)C(=O)OCc1ccccc1. The smallest absolute Gasteiger partial charge is 0.326 e. The molecule has 0 spiro atoms. The van der Waals surface area contributed by atoms with E-state index in [1.165, 1.54) is 26.2 Å². The van der Waals surface area contributed by atoms with E-state index in [2.05, 4.69) is 6.92 Å². The normalized spacial score (nSPS) is 13.6. The third-order valence-corrected chi connectivity index (χ3v) is 4.65. The van der Waals surface area contributed by atoms with E-state index in [0.717, 1.165) is 30.2 Å². The largest absolute Gasteiger partial charge is 0.460 e. The molecule has 0 saturated carbocycles. The summed E-state index contributed by atoms with van der Waals surface area (Å²) in [5.74, 6) is -0.378. The molecule has 0 radical (unpaired) electrons. The lowest BCUT2D eigenvalue weighted by atomic mass is 10.1. The Balaban J connectivity index is 2.62. The van der Waals surface area contributed by atoms with E-state index < -0.39 is 4.75 Å². The molecule has 0 aliphatic rings. The van der Waals surface area contributed by atoms with Gasteiger partial charge in [0.15, 0.2) is 5.12 Å². The summed E-state index contributed by atoms with van der Waals surface area (Å²) in [7, 11) is 0. The van der Waals surface area contributed by atoms with Crippen molar-refractivity contribution in [3.8, 4) is 0 Å². The molecule has 0 aliphatic carbocycles. The standard InChI is InChI=1S/C20H28O3S/c1-4-5-6-7-8-12-15-20(3,24-17(2)21)19(22)23-16-18-13-10-9-11-14-18/h9-15H,4-8,16H2,1-3H3/t20-/m1/s1. The van der Waals surface area contributed by atoms with Gasteiger partial charge in [-0.05, 0) is 25.3 Å². The van der Waals surface area contributed by atoms with Crippen LogP contribution in [0.1, 0.15) is 58.4 Å². The Morgan fingerprint density at radius 2 is 1.88 bits per heavy atom. The lowest BCUT2D eigenvalue weighted by Gasteiger charge is -2.22. The van der Waals surface area contributed by atoms with E-state index >= 15 is 0 Å². The number of hydrogen-bond donors (Lipinski definition) is 0. The summed E-state index contributed by atoms with van der Waals surface area (Å²) in [6, 6.07) is 9.55. The van der Waals surface area contributed by atoms with Gasteiger partial charge in [0.25, 0.3) is 0 Å². The second kappa shape index (κ2) is 11.1. The monoisotopic (exact) mass is 348 g/mol. The van der Waals surface area contributed by atoms with Gasteiger partial charge in [-0.3, -0.25) is 9.59 Å². The van der Waals surface area contributed by atoms with E-state index in [9.17, 15) is 9.59 Å². The van der Waals surface area contributed by atoms with Crippen LogP contribution in [0.5, 0.6) is 0 Å². The maximum Gasteiger partial charge on any atom is 0.326 e. The quantitative estimate of drug-likeness (QED) is 0.327. The predicted molar refractivity (Wildman–Crippen MR) is 101 cm³/mol. The van der Waals surface area contributed by atoms with Gasteiger partial charge in [-0.15, -0.1) is 0 Å². The van der Waals surface area contributed by atoms with Crippen molar-refractivity contribution in [2.75, 3.05) is 0 Å². The average molecular weight is 349 g/mol. The number of benzene rings is 1. The van der Waals surface area contributed by atoms with Gasteiger partial charge in [-0.2, -0.15) is 0 Å². The molecule has 0 heterocycles. The first-order valence-electron chi connectivity index (χ1n) is 8.56. The van der Waals surface area contributed by atoms with Crippen molar-refractivity contribution in [3.05, 3.63) is 48.0 Å². The molecule has 0 saturated heterocycles. The van der Waals surface area contributed by atoms with Crippen LogP contribution in [0.4, 0.5) is 0 Å². The second-order valence-electron chi connectivity index (χ2n) is 6.01. The van der Waals surface area contributed by atoms with Crippen LogP contribution in [0.25, 0.3) is 0 Å². The number of hydrogen-bond acceptors (Lipinski definition) is 4. The molecule has 1 aromatic carbocycles. The fourth-order valence-corrected chi connectivity index (χ4v) is 3.21. The Kier molecular flexibility index (Phi) is 9.46. The maximum absolute atomic E-state index is 12.5. The van der Waals surface area contributed by atoms with E-state index in [1.54, 1.807) is 6.92 Å². The van der Waals surface area contributed by atoms with E-state index in [-0.39, 0.29) is 17.7 Å². The number of carbonyl (C=O) groups excluding carboxylic acids is 2. The van der Waals surface area contributed by atoms with Crippen LogP contribution in [0.15, 0.2) is 42.5 Å². The zero-order chi connectivity index (χ0) is 17.8. The molecule has 0 amide bonds. The molecule has 1 aromatic rings. The van der Waals surface area contributed by atoms with Crippen molar-refractivity contribution < 1.29 is 14.3 Å². The van der Waals surface area contributed by atoms with Gasteiger partial charge in [0, 0.05) is 6.92 Å². The van der Waals surface area contributed by atoms with E-state index in [4.69, 9.17) is 4.74 Å². The van der Waals surface area contributed by atoms with Crippen LogP contribution >= 0.6 is 11.8 Å². The molecule has 24 heavy (non-hydrogen) atoms. The van der Waals surface area contributed by atoms with Crippen LogP contribution in [0, 0.1) is 0 Å². The molecule has 0 N–H and O–H groups in total. The first kappa shape index (κ1) is 20.5. The highest BCUT2D eigenvalue weighted by atomic mass is 32.2. The zero-order valence-electron chi connectivity index (χ0n) is 14.9. The molecule has 0 bridgehead atoms. The first-order valence-corrected chi connectivity index (χ1v) is 9.38. The van der Waals surface area contributed by atoms with E-state index in [1.807, 2.05) is 42.5 Å². The second-order valence-corrected chi connectivity index (χ2v) is 7.64. The van der Waals surface area contributed by atoms with Crippen molar-refractivity contribution in [2.45, 2.75) is 64.2 Å². The van der Waals surface area contributed by atoms with Crippen LogP contribution < -0.4 is 0 Å². The Morgan fingerprint density at radius 3 is 2.50 bits per heavy atom. The van der Waals surface area contributed by atoms with Crippen LogP contribution in [-0.2, 0) is 20.9 Å². The molecule has 0 fully saturated rings. The molecule has 132 valence electrons. The van der Waals surface area contributed by atoms with Crippen molar-refractivity contribution in [1.82, 2.24) is 0 Å².